The minimum absolute atomic E-state index is 0.592. The Bertz CT molecular complexity index is 1460. The minimum atomic E-state index is -0.712. The number of carboxylic acids is 1. The molecule has 0 unspecified atom stereocenters. The Labute approximate surface area is 244 Å². The second-order valence-electron chi connectivity index (χ2n) is 10.6. The van der Waals surface area contributed by atoms with Crippen LogP contribution in [0.25, 0.3) is 23.1 Å². The van der Waals surface area contributed by atoms with Crippen LogP contribution in [0.3, 0.4) is 0 Å². The number of rotatable bonds is 15. The van der Waals surface area contributed by atoms with E-state index in [0.29, 0.717) is 32.4 Å². The number of ether oxygens (including phenoxy) is 1. The lowest BCUT2D eigenvalue weighted by molar-refractivity contribution is -0.149. The topological polar surface area (TPSA) is 71.5 Å². The van der Waals surface area contributed by atoms with E-state index >= 15 is 0 Å². The van der Waals surface area contributed by atoms with Crippen molar-refractivity contribution < 1.29 is 14.6 Å². The maximum absolute atomic E-state index is 11.8. The van der Waals surface area contributed by atoms with Crippen LogP contribution in [-0.4, -0.2) is 29.2 Å². The highest BCUT2D eigenvalue weighted by Crippen LogP contribution is 2.31. The average Bonchev–Trinajstić information content (AvgIpc) is 3.00. The molecule has 4 rings (SSSR count). The number of aromatic nitrogens is 1. The number of benzene rings is 3. The summed E-state index contributed by atoms with van der Waals surface area (Å²) in [5.41, 5.74) is 5.85. The third kappa shape index (κ3) is 8.20. The van der Waals surface area contributed by atoms with E-state index in [1.807, 2.05) is 62.4 Å². The minimum Gasteiger partial charge on any atom is -0.494 e. The summed E-state index contributed by atoms with van der Waals surface area (Å²) < 4.78 is 6.05. The van der Waals surface area contributed by atoms with E-state index in [1.54, 1.807) is 0 Å². The maximum atomic E-state index is 11.8. The quantitative estimate of drug-likeness (QED) is 0.145. The highest BCUT2D eigenvalue weighted by Gasteiger charge is 2.34. The Hall–Kier alpha value is -4.12. The first-order valence-electron chi connectivity index (χ1n) is 14.8. The van der Waals surface area contributed by atoms with Crippen molar-refractivity contribution in [1.29, 1.82) is 0 Å². The van der Waals surface area contributed by atoms with Gasteiger partial charge in [-0.25, -0.2) is 4.98 Å². The Morgan fingerprint density at radius 1 is 0.927 bits per heavy atom. The predicted octanol–water partition coefficient (Wildman–Crippen LogP) is 8.67. The Morgan fingerprint density at radius 3 is 2.41 bits per heavy atom. The number of aryl methyl sites for hydroxylation is 2. The smallest absolute Gasteiger partial charge is 0.309 e. The van der Waals surface area contributed by atoms with Crippen LogP contribution in [0.5, 0.6) is 5.75 Å². The van der Waals surface area contributed by atoms with Crippen molar-refractivity contribution in [2.75, 3.05) is 18.5 Å². The average molecular weight is 551 g/mol. The summed E-state index contributed by atoms with van der Waals surface area (Å²) in [7, 11) is 0. The van der Waals surface area contributed by atoms with Gasteiger partial charge < -0.3 is 15.2 Å². The van der Waals surface area contributed by atoms with E-state index in [2.05, 4.69) is 54.7 Å². The summed E-state index contributed by atoms with van der Waals surface area (Å²) in [4.78, 5) is 16.6. The molecular formula is C36H42N2O3. The molecule has 0 bridgehead atoms. The number of aliphatic carboxylic acids is 1. The van der Waals surface area contributed by atoms with Crippen molar-refractivity contribution in [1.82, 2.24) is 4.98 Å². The molecule has 5 heteroatoms. The lowest BCUT2D eigenvalue weighted by Crippen LogP contribution is -2.31. The lowest BCUT2D eigenvalue weighted by atomic mass is 9.79. The molecule has 4 aromatic rings. The van der Waals surface area contributed by atoms with Gasteiger partial charge in [0.25, 0.3) is 0 Å². The van der Waals surface area contributed by atoms with Gasteiger partial charge in [-0.05, 0) is 91.6 Å². The van der Waals surface area contributed by atoms with Gasteiger partial charge in [-0.3, -0.25) is 4.79 Å². The summed E-state index contributed by atoms with van der Waals surface area (Å²) in [6.07, 6.45) is 8.94. The zero-order chi connectivity index (χ0) is 29.1. The van der Waals surface area contributed by atoms with E-state index in [9.17, 15) is 9.90 Å². The number of anilines is 1. The van der Waals surface area contributed by atoms with Crippen LogP contribution in [0.15, 0.2) is 78.9 Å². The molecule has 1 aromatic heterocycles. The third-order valence-electron chi connectivity index (χ3n) is 8.07. The van der Waals surface area contributed by atoms with Gasteiger partial charge >= 0.3 is 5.97 Å². The number of carboxylic acid groups (broad SMARTS) is 1. The lowest BCUT2D eigenvalue weighted by Gasteiger charge is -2.26. The molecule has 0 aliphatic carbocycles. The second-order valence-corrected chi connectivity index (χ2v) is 10.6. The Balaban J connectivity index is 1.33. The van der Waals surface area contributed by atoms with Crippen LogP contribution in [0, 0.1) is 5.41 Å². The molecule has 0 saturated heterocycles. The number of pyridine rings is 1. The van der Waals surface area contributed by atoms with Gasteiger partial charge in [-0.15, -0.1) is 0 Å². The normalized spacial score (nSPS) is 11.7. The van der Waals surface area contributed by atoms with Gasteiger partial charge in [-0.2, -0.15) is 0 Å². The summed E-state index contributed by atoms with van der Waals surface area (Å²) in [5, 5.41) is 14.2. The molecule has 0 aliphatic rings. The Morgan fingerprint density at radius 2 is 1.68 bits per heavy atom. The second kappa shape index (κ2) is 14.5. The molecule has 5 nitrogen and oxygen atoms in total. The molecule has 1 heterocycles. The van der Waals surface area contributed by atoms with E-state index < -0.39 is 11.4 Å². The fourth-order valence-electron chi connectivity index (χ4n) is 5.10. The highest BCUT2D eigenvalue weighted by molar-refractivity contribution is 5.82. The molecule has 0 amide bonds. The third-order valence-corrected chi connectivity index (χ3v) is 8.07. The van der Waals surface area contributed by atoms with Crippen molar-refractivity contribution >= 4 is 34.7 Å². The zero-order valence-corrected chi connectivity index (χ0v) is 24.5. The van der Waals surface area contributed by atoms with Gasteiger partial charge in [0.15, 0.2) is 0 Å². The van der Waals surface area contributed by atoms with Crippen molar-refractivity contribution in [2.24, 2.45) is 5.41 Å². The number of hydrogen-bond acceptors (Lipinski definition) is 4. The van der Waals surface area contributed by atoms with Crippen LogP contribution in [-0.2, 0) is 17.6 Å². The van der Waals surface area contributed by atoms with Crippen molar-refractivity contribution in [3.8, 4) is 5.75 Å². The highest BCUT2D eigenvalue weighted by atomic mass is 16.5. The molecule has 0 radical (unpaired) electrons. The van der Waals surface area contributed by atoms with Gasteiger partial charge in [0.1, 0.15) is 5.75 Å². The molecule has 0 atom stereocenters. The molecule has 0 spiro atoms. The summed E-state index contributed by atoms with van der Waals surface area (Å²) in [6.45, 7) is 7.36. The van der Waals surface area contributed by atoms with E-state index in [1.165, 1.54) is 11.1 Å². The molecule has 0 aliphatic heterocycles. The van der Waals surface area contributed by atoms with Crippen LogP contribution < -0.4 is 10.1 Å². The number of nitrogens with zero attached hydrogens (tertiary/aromatic N) is 1. The summed E-state index contributed by atoms with van der Waals surface area (Å²) in [5.74, 6) is 0.125. The molecule has 3 aromatic carbocycles. The number of carbonyl (C=O) groups is 1. The van der Waals surface area contributed by atoms with Gasteiger partial charge in [0.05, 0.1) is 23.2 Å². The van der Waals surface area contributed by atoms with Gasteiger partial charge in [-0.1, -0.05) is 69.3 Å². The first-order valence-corrected chi connectivity index (χ1v) is 14.8. The first-order chi connectivity index (χ1) is 19.9. The largest absolute Gasteiger partial charge is 0.494 e. The van der Waals surface area contributed by atoms with Gasteiger partial charge in [0, 0.05) is 23.7 Å². The summed E-state index contributed by atoms with van der Waals surface area (Å²) >= 11 is 0. The van der Waals surface area contributed by atoms with Crippen molar-refractivity contribution in [3.05, 3.63) is 101 Å². The Kier molecular flexibility index (Phi) is 10.6. The van der Waals surface area contributed by atoms with E-state index in [-0.39, 0.29) is 0 Å². The van der Waals surface area contributed by atoms with Crippen LogP contribution >= 0.6 is 0 Å². The SMILES string of the molecule is CCc1ccc(CCCOc2ccc3ccc(C=Cc4cccc(NCCC(CC)(CC)C(=O)O)c4)nc3c2)cc1. The van der Waals surface area contributed by atoms with Gasteiger partial charge in [0.2, 0.25) is 0 Å². The van der Waals surface area contributed by atoms with Crippen LogP contribution in [0.2, 0.25) is 0 Å². The zero-order valence-electron chi connectivity index (χ0n) is 24.5. The first kappa shape index (κ1) is 29.9. The fourth-order valence-corrected chi connectivity index (χ4v) is 5.10. The molecular weight excluding hydrogens is 508 g/mol. The number of hydrogen-bond donors (Lipinski definition) is 2. The van der Waals surface area contributed by atoms with Crippen molar-refractivity contribution in [2.45, 2.75) is 59.3 Å². The standard InChI is InChI=1S/C36H42N2O3/c1-4-27-12-14-28(15-13-27)10-8-24-41-33-21-18-30-17-20-31(38-34(30)26-33)19-16-29-9-7-11-32(25-29)37-23-22-36(5-2,6-3)35(39)40/h7,9,11-21,25-26,37H,4-6,8,10,22-24H2,1-3H3,(H,39,40). The molecule has 214 valence electrons. The van der Waals surface area contributed by atoms with E-state index in [4.69, 9.17) is 9.72 Å². The van der Waals surface area contributed by atoms with E-state index in [0.717, 1.165) is 52.9 Å². The molecule has 2 N–H and O–H groups in total. The maximum Gasteiger partial charge on any atom is 0.309 e. The van der Waals surface area contributed by atoms with Crippen LogP contribution in [0.1, 0.15) is 68.8 Å². The summed E-state index contributed by atoms with van der Waals surface area (Å²) in [6, 6.07) is 27.2. The molecule has 41 heavy (non-hydrogen) atoms. The monoisotopic (exact) mass is 550 g/mol. The van der Waals surface area contributed by atoms with Crippen molar-refractivity contribution in [3.63, 3.8) is 0 Å². The number of fused-ring (bicyclic) bond motifs is 1. The predicted molar refractivity (Wildman–Crippen MR) is 171 cm³/mol. The number of nitrogens with one attached hydrogen (secondary N) is 1. The fraction of sp³-hybridized carbons (Fsp3) is 0.333. The van der Waals surface area contributed by atoms with Crippen LogP contribution in [0.4, 0.5) is 5.69 Å². The molecule has 0 saturated carbocycles. The molecule has 0 fully saturated rings.